The van der Waals surface area contributed by atoms with Gasteiger partial charge in [-0.05, 0) is 24.1 Å². The maximum Gasteiger partial charge on any atom is 0.415 e. The molecule has 3 N–H and O–H groups in total. The average Bonchev–Trinajstić information content (AvgIpc) is 3.16. The number of rotatable bonds is 4. The fourth-order valence-corrected chi connectivity index (χ4v) is 3.72. The highest BCUT2D eigenvalue weighted by Crippen LogP contribution is 2.43. The van der Waals surface area contributed by atoms with Crippen molar-refractivity contribution in [2.45, 2.75) is 25.7 Å². The van der Waals surface area contributed by atoms with Crippen LogP contribution in [0.25, 0.3) is 0 Å². The predicted octanol–water partition coefficient (Wildman–Crippen LogP) is 2.41. The zero-order chi connectivity index (χ0) is 21.1. The molecule has 0 aliphatic carbocycles. The van der Waals surface area contributed by atoms with Crippen molar-refractivity contribution in [3.05, 3.63) is 52.5 Å². The van der Waals surface area contributed by atoms with Gasteiger partial charge in [-0.3, -0.25) is 5.10 Å². The first-order valence-corrected chi connectivity index (χ1v) is 9.91. The monoisotopic (exact) mass is 409 g/mol. The van der Waals surface area contributed by atoms with Crippen molar-refractivity contribution in [2.75, 3.05) is 26.3 Å². The number of nitriles is 1. The lowest BCUT2D eigenvalue weighted by molar-refractivity contribution is 0.0416. The van der Waals surface area contributed by atoms with Gasteiger partial charge in [0, 0.05) is 24.3 Å². The number of allylic oxidation sites excluding steroid dienone is 1. The average molecular weight is 409 g/mol. The number of nitrogens with two attached hydrogens (primary N) is 1. The summed E-state index contributed by atoms with van der Waals surface area (Å²) in [4.78, 5) is 13.9. The van der Waals surface area contributed by atoms with Crippen molar-refractivity contribution in [2.24, 2.45) is 5.73 Å². The smallest absolute Gasteiger partial charge is 0.415 e. The molecule has 30 heavy (non-hydrogen) atoms. The molecular weight excluding hydrogens is 386 g/mol. The molecule has 3 heterocycles. The van der Waals surface area contributed by atoms with E-state index in [0.717, 1.165) is 29.7 Å². The minimum atomic E-state index is -0.402. The zero-order valence-corrected chi connectivity index (χ0v) is 16.7. The van der Waals surface area contributed by atoms with Crippen LogP contribution in [-0.4, -0.2) is 47.5 Å². The van der Waals surface area contributed by atoms with E-state index in [1.807, 2.05) is 12.1 Å². The van der Waals surface area contributed by atoms with Crippen LogP contribution >= 0.6 is 0 Å². The Kier molecular flexibility index (Phi) is 5.59. The number of fused-ring (bicyclic) bond motifs is 1. The summed E-state index contributed by atoms with van der Waals surface area (Å²) >= 11 is 0. The molecule has 1 saturated heterocycles. The third-order valence-electron chi connectivity index (χ3n) is 5.21. The van der Waals surface area contributed by atoms with Crippen LogP contribution in [0.3, 0.4) is 0 Å². The first kappa shape index (κ1) is 19.8. The highest BCUT2D eigenvalue weighted by Gasteiger charge is 2.35. The summed E-state index contributed by atoms with van der Waals surface area (Å²) in [6.07, 6.45) is 1.29. The van der Waals surface area contributed by atoms with Gasteiger partial charge in [0.1, 0.15) is 17.4 Å². The topological polar surface area (TPSA) is 126 Å². The van der Waals surface area contributed by atoms with Gasteiger partial charge in [-0.1, -0.05) is 25.5 Å². The Hall–Kier alpha value is -3.51. The van der Waals surface area contributed by atoms with E-state index in [9.17, 15) is 10.1 Å². The summed E-state index contributed by atoms with van der Waals surface area (Å²) in [6, 6.07) is 9.26. The van der Waals surface area contributed by atoms with Gasteiger partial charge in [0.05, 0.1) is 19.1 Å². The van der Waals surface area contributed by atoms with Crippen molar-refractivity contribution >= 4 is 6.09 Å². The van der Waals surface area contributed by atoms with Crippen LogP contribution in [0.4, 0.5) is 4.79 Å². The molecule has 1 atom stereocenters. The normalized spacial score (nSPS) is 18.4. The molecule has 0 spiro atoms. The number of morpholine rings is 1. The first-order chi connectivity index (χ1) is 14.6. The molecule has 156 valence electrons. The lowest BCUT2D eigenvalue weighted by Crippen LogP contribution is -2.42. The van der Waals surface area contributed by atoms with E-state index >= 15 is 0 Å². The van der Waals surface area contributed by atoms with Crippen molar-refractivity contribution in [1.82, 2.24) is 15.1 Å². The van der Waals surface area contributed by atoms with Gasteiger partial charge in [0.2, 0.25) is 11.8 Å². The number of carbonyl (C=O) groups excluding carboxylic acids is 1. The highest BCUT2D eigenvalue weighted by molar-refractivity contribution is 5.71. The number of nitrogens with zero attached hydrogens (tertiary/aromatic N) is 3. The third kappa shape index (κ3) is 3.69. The number of carbonyl (C=O) groups is 1. The predicted molar refractivity (Wildman–Crippen MR) is 107 cm³/mol. The number of amides is 1. The number of aromatic nitrogens is 2. The van der Waals surface area contributed by atoms with Gasteiger partial charge < -0.3 is 24.8 Å². The van der Waals surface area contributed by atoms with Crippen LogP contribution in [0.2, 0.25) is 0 Å². The molecule has 1 amide bonds. The Balaban J connectivity index is 1.61. The quantitative estimate of drug-likeness (QED) is 0.794. The van der Waals surface area contributed by atoms with E-state index in [1.165, 1.54) is 0 Å². The fourth-order valence-electron chi connectivity index (χ4n) is 3.72. The van der Waals surface area contributed by atoms with E-state index in [0.29, 0.717) is 43.5 Å². The molecule has 9 heteroatoms. The van der Waals surface area contributed by atoms with Crippen molar-refractivity contribution < 1.29 is 19.0 Å². The Morgan fingerprint density at radius 1 is 1.37 bits per heavy atom. The molecule has 0 saturated carbocycles. The molecular formula is C21H23N5O4. The number of benzene rings is 1. The minimum absolute atomic E-state index is 0.0485. The van der Waals surface area contributed by atoms with Crippen LogP contribution in [0, 0.1) is 11.3 Å². The van der Waals surface area contributed by atoms with Gasteiger partial charge in [-0.25, -0.2) is 4.79 Å². The number of hydrogen-bond donors (Lipinski definition) is 2. The Morgan fingerprint density at radius 3 is 2.77 bits per heavy atom. The molecule has 2 aliphatic heterocycles. The van der Waals surface area contributed by atoms with E-state index in [-0.39, 0.29) is 5.88 Å². The second kappa shape index (κ2) is 8.47. The first-order valence-electron chi connectivity index (χ1n) is 9.91. The van der Waals surface area contributed by atoms with Crippen molar-refractivity contribution in [3.63, 3.8) is 0 Å². The van der Waals surface area contributed by atoms with Gasteiger partial charge in [-0.15, -0.1) is 5.10 Å². The van der Waals surface area contributed by atoms with E-state index in [1.54, 1.807) is 17.0 Å². The molecule has 9 nitrogen and oxygen atoms in total. The number of H-pyrrole nitrogens is 1. The van der Waals surface area contributed by atoms with Gasteiger partial charge in [0.25, 0.3) is 0 Å². The lowest BCUT2D eigenvalue weighted by atomic mass is 9.83. The molecule has 4 rings (SSSR count). The number of hydrogen-bond acceptors (Lipinski definition) is 7. The molecule has 0 unspecified atom stereocenters. The molecule has 1 fully saturated rings. The summed E-state index contributed by atoms with van der Waals surface area (Å²) < 4.78 is 16.3. The van der Waals surface area contributed by atoms with Crippen molar-refractivity contribution in [3.8, 4) is 17.7 Å². The van der Waals surface area contributed by atoms with Gasteiger partial charge in [-0.2, -0.15) is 5.26 Å². The summed E-state index contributed by atoms with van der Waals surface area (Å²) in [7, 11) is 0. The third-order valence-corrected chi connectivity index (χ3v) is 5.21. The maximum absolute atomic E-state index is 12.3. The number of ether oxygens (including phenoxy) is 3. The number of aromatic amines is 1. The van der Waals surface area contributed by atoms with Crippen LogP contribution in [0.1, 0.15) is 36.1 Å². The summed E-state index contributed by atoms with van der Waals surface area (Å²) in [6.45, 7) is 4.11. The molecule has 0 radical (unpaired) electrons. The van der Waals surface area contributed by atoms with Crippen LogP contribution in [0.15, 0.2) is 35.7 Å². The Bertz CT molecular complexity index is 999. The SMILES string of the molecule is CCCc1[nH]nc2c1[C@@H](c1ccc(OC(=O)N3CCOCC3)cc1)C(C#N)=C(N)O2. The molecule has 2 aromatic rings. The van der Waals surface area contributed by atoms with Crippen LogP contribution in [0.5, 0.6) is 11.6 Å². The fraction of sp³-hybridized carbons (Fsp3) is 0.381. The second-order valence-corrected chi connectivity index (χ2v) is 7.13. The summed E-state index contributed by atoms with van der Waals surface area (Å²) in [5, 5.41) is 16.9. The molecule has 2 aliphatic rings. The van der Waals surface area contributed by atoms with Crippen molar-refractivity contribution in [1.29, 1.82) is 5.26 Å². The van der Waals surface area contributed by atoms with E-state index in [2.05, 4.69) is 23.2 Å². The van der Waals surface area contributed by atoms with Crippen LogP contribution < -0.4 is 15.2 Å². The molecule has 1 aromatic heterocycles. The number of nitrogens with one attached hydrogen (secondary N) is 1. The molecule has 1 aromatic carbocycles. The van der Waals surface area contributed by atoms with E-state index < -0.39 is 12.0 Å². The maximum atomic E-state index is 12.3. The van der Waals surface area contributed by atoms with Crippen LogP contribution in [-0.2, 0) is 11.2 Å². The van der Waals surface area contributed by atoms with Gasteiger partial charge in [0.15, 0.2) is 0 Å². The second-order valence-electron chi connectivity index (χ2n) is 7.13. The summed E-state index contributed by atoms with van der Waals surface area (Å²) in [5.74, 6) is 0.470. The summed E-state index contributed by atoms with van der Waals surface area (Å²) in [5.41, 5.74) is 8.90. The highest BCUT2D eigenvalue weighted by atomic mass is 16.6. The van der Waals surface area contributed by atoms with E-state index in [4.69, 9.17) is 19.9 Å². The largest absolute Gasteiger partial charge is 0.420 e. The standard InChI is InChI=1S/C21H23N5O4/c1-2-3-16-18-17(15(12-22)19(23)30-20(18)25-24-16)13-4-6-14(7-5-13)29-21(27)26-8-10-28-11-9-26/h4-7,17H,2-3,8-11,23H2,1H3,(H,24,25)/t17-/m0/s1. The number of aryl methyl sites for hydroxylation is 1. The van der Waals surface area contributed by atoms with Gasteiger partial charge >= 0.3 is 6.09 Å². The minimum Gasteiger partial charge on any atom is -0.420 e. The zero-order valence-electron chi connectivity index (χ0n) is 16.7. The molecule has 0 bridgehead atoms. The Morgan fingerprint density at radius 2 is 2.10 bits per heavy atom. The Labute approximate surface area is 174 Å². The lowest BCUT2D eigenvalue weighted by Gasteiger charge is -2.26.